The van der Waals surface area contributed by atoms with Gasteiger partial charge in [0.25, 0.3) is 0 Å². The maximum Gasteiger partial charge on any atom is 0.243 e. The van der Waals surface area contributed by atoms with Gasteiger partial charge in [-0.2, -0.15) is 0 Å². The summed E-state index contributed by atoms with van der Waals surface area (Å²) in [6.07, 6.45) is 4.26. The second-order valence-corrected chi connectivity index (χ2v) is 17.6. The smallest absolute Gasteiger partial charge is 0.243 e. The van der Waals surface area contributed by atoms with Crippen LogP contribution in [0, 0.1) is 5.41 Å². The number of unbranched alkanes of at least 4 members (excludes halogenated alkanes) is 1. The molecule has 5 amide bonds. The van der Waals surface area contributed by atoms with Gasteiger partial charge in [-0.25, -0.2) is 0 Å². The van der Waals surface area contributed by atoms with E-state index in [1.165, 1.54) is 13.8 Å². The first-order valence-corrected chi connectivity index (χ1v) is 22.1. The van der Waals surface area contributed by atoms with E-state index in [4.69, 9.17) is 11.5 Å². The zero-order valence-electron chi connectivity index (χ0n) is 37.5. The number of ketones is 1. The molecule has 10 N–H and O–H groups in total. The maximum absolute atomic E-state index is 14.5. The highest BCUT2D eigenvalue weighted by Crippen LogP contribution is 2.22. The Bertz CT molecular complexity index is 2390. The van der Waals surface area contributed by atoms with Crippen molar-refractivity contribution in [3.8, 4) is 0 Å². The first kappa shape index (κ1) is 48.6. The van der Waals surface area contributed by atoms with Crippen LogP contribution in [0.5, 0.6) is 0 Å². The van der Waals surface area contributed by atoms with Gasteiger partial charge in [0, 0.05) is 35.4 Å². The largest absolute Gasteiger partial charge is 0.361 e. The van der Waals surface area contributed by atoms with Gasteiger partial charge in [0.15, 0.2) is 5.78 Å². The Morgan fingerprint density at radius 1 is 0.594 bits per heavy atom. The molecule has 0 fully saturated rings. The lowest BCUT2D eigenvalue weighted by molar-refractivity contribution is -0.135. The van der Waals surface area contributed by atoms with Crippen molar-refractivity contribution in [2.75, 3.05) is 6.54 Å². The maximum atomic E-state index is 14.5. The number of amides is 5. The summed E-state index contributed by atoms with van der Waals surface area (Å²) in [5.74, 6) is -3.12. The van der Waals surface area contributed by atoms with Crippen LogP contribution < -0.4 is 38.1 Å². The number of Topliss-reactive ketones (excluding diaryl/α,β-unsaturated/α-hetero) is 1. The number of carbonyl (C=O) groups excluding carboxylic acids is 6. The summed E-state index contributed by atoms with van der Waals surface area (Å²) in [5.41, 5.74) is 14.2. The van der Waals surface area contributed by atoms with Crippen LogP contribution in [0.3, 0.4) is 0 Å². The van der Waals surface area contributed by atoms with E-state index in [0.29, 0.717) is 32.2 Å². The highest BCUT2D eigenvalue weighted by atomic mass is 16.2. The molecule has 6 atom stereocenters. The average Bonchev–Trinajstić information content (AvgIpc) is 3.68. The summed E-state index contributed by atoms with van der Waals surface area (Å²) in [5, 5.41) is 17.0. The number of hydrogen-bond acceptors (Lipinski definition) is 8. The Labute approximate surface area is 375 Å². The predicted octanol–water partition coefficient (Wildman–Crippen LogP) is 4.27. The van der Waals surface area contributed by atoms with E-state index in [1.807, 2.05) is 97.1 Å². The van der Waals surface area contributed by atoms with Crippen molar-refractivity contribution in [3.63, 3.8) is 0 Å². The van der Waals surface area contributed by atoms with Crippen molar-refractivity contribution >= 4 is 57.0 Å². The van der Waals surface area contributed by atoms with E-state index < -0.39 is 71.2 Å². The molecular formula is C50H64N8O6. The standard InChI is InChI=1S/C50H64N8O6/c1-31(52)45(60)57-42(28-34-22-24-35-17-9-10-18-36(35)27-34)48(63)54-32(2)46(61)58-43(29-37-30-53-39-20-12-11-19-38(37)39)49(64)56-41(25-23-33-15-7-6-8-16-33)47(62)55-40(21-13-14-26-51)44(59)50(3,4)5/h6-12,15-20,22,24,27,30-32,40-43,53H,13-14,21,23,25-26,28-29,51-52H2,1-5H3,(H,54,63)(H,55,62)(H,56,64)(H,57,60)(H,58,61)/t31-,32+,40+,41-,42-,43+/m1/s1. The van der Waals surface area contributed by atoms with Crippen LogP contribution in [0.1, 0.15) is 77.0 Å². The third-order valence-electron chi connectivity index (χ3n) is 11.3. The molecule has 14 nitrogen and oxygen atoms in total. The van der Waals surface area contributed by atoms with E-state index in [1.54, 1.807) is 27.0 Å². The summed E-state index contributed by atoms with van der Waals surface area (Å²) >= 11 is 0. The molecule has 0 saturated heterocycles. The predicted molar refractivity (Wildman–Crippen MR) is 251 cm³/mol. The van der Waals surface area contributed by atoms with Gasteiger partial charge in [0.05, 0.1) is 12.1 Å². The molecule has 4 aromatic carbocycles. The van der Waals surface area contributed by atoms with Crippen molar-refractivity contribution in [2.45, 2.75) is 116 Å². The second kappa shape index (κ2) is 22.8. The molecule has 340 valence electrons. The van der Waals surface area contributed by atoms with Crippen LogP contribution in [0.25, 0.3) is 21.7 Å². The van der Waals surface area contributed by atoms with Gasteiger partial charge in [-0.1, -0.05) is 112 Å². The Hall–Kier alpha value is -6.38. The summed E-state index contributed by atoms with van der Waals surface area (Å²) in [7, 11) is 0. The molecule has 1 aromatic heterocycles. The zero-order chi connectivity index (χ0) is 46.4. The van der Waals surface area contributed by atoms with Crippen molar-refractivity contribution in [2.24, 2.45) is 16.9 Å². The van der Waals surface area contributed by atoms with Crippen LogP contribution in [-0.2, 0) is 48.0 Å². The molecule has 0 unspecified atom stereocenters. The molecule has 0 spiro atoms. The number of nitrogens with one attached hydrogen (secondary N) is 6. The van der Waals surface area contributed by atoms with Gasteiger partial charge >= 0.3 is 0 Å². The van der Waals surface area contributed by atoms with Gasteiger partial charge in [0.1, 0.15) is 24.2 Å². The molecule has 5 rings (SSSR count). The van der Waals surface area contributed by atoms with Gasteiger partial charge < -0.3 is 43.0 Å². The molecule has 1 heterocycles. The number of aromatic nitrogens is 1. The fraction of sp³-hybridized carbons (Fsp3) is 0.400. The topological polar surface area (TPSA) is 230 Å². The minimum atomic E-state index is -1.21. The summed E-state index contributed by atoms with van der Waals surface area (Å²) < 4.78 is 0. The number of H-pyrrole nitrogens is 1. The number of hydrogen-bond donors (Lipinski definition) is 8. The molecule has 0 saturated carbocycles. The minimum absolute atomic E-state index is 0.0362. The first-order chi connectivity index (χ1) is 30.5. The van der Waals surface area contributed by atoms with E-state index in [0.717, 1.165) is 38.4 Å². The number of para-hydroxylation sites is 1. The summed E-state index contributed by atoms with van der Waals surface area (Å²) in [6.45, 7) is 8.85. The number of carbonyl (C=O) groups is 6. The average molecular weight is 873 g/mol. The Morgan fingerprint density at radius 3 is 1.89 bits per heavy atom. The third kappa shape index (κ3) is 13.8. The lowest BCUT2D eigenvalue weighted by Gasteiger charge is -2.29. The summed E-state index contributed by atoms with van der Waals surface area (Å²) in [4.78, 5) is 86.4. The van der Waals surface area contributed by atoms with Crippen LogP contribution in [0.2, 0.25) is 0 Å². The molecular weight excluding hydrogens is 809 g/mol. The van der Waals surface area contributed by atoms with Crippen molar-refractivity contribution < 1.29 is 28.8 Å². The quantitative estimate of drug-likeness (QED) is 0.0467. The molecule has 0 aliphatic carbocycles. The van der Waals surface area contributed by atoms with Crippen LogP contribution >= 0.6 is 0 Å². The van der Waals surface area contributed by atoms with Crippen LogP contribution in [0.15, 0.2) is 103 Å². The lowest BCUT2D eigenvalue weighted by Crippen LogP contribution is -2.59. The lowest BCUT2D eigenvalue weighted by atomic mass is 9.84. The molecule has 64 heavy (non-hydrogen) atoms. The van der Waals surface area contributed by atoms with Crippen LogP contribution in [-0.4, -0.2) is 83.1 Å². The van der Waals surface area contributed by atoms with Gasteiger partial charge in [0.2, 0.25) is 29.5 Å². The summed E-state index contributed by atoms with van der Waals surface area (Å²) in [6, 6.07) is 24.4. The van der Waals surface area contributed by atoms with E-state index in [2.05, 4.69) is 31.6 Å². The Balaban J connectivity index is 1.39. The van der Waals surface area contributed by atoms with E-state index in [-0.39, 0.29) is 25.0 Å². The molecule has 0 radical (unpaired) electrons. The molecule has 5 aromatic rings. The second-order valence-electron chi connectivity index (χ2n) is 17.6. The number of nitrogens with two attached hydrogens (primary N) is 2. The van der Waals surface area contributed by atoms with Crippen molar-refractivity contribution in [1.82, 2.24) is 31.6 Å². The van der Waals surface area contributed by atoms with Crippen molar-refractivity contribution in [1.29, 1.82) is 0 Å². The number of aromatic amines is 1. The fourth-order valence-corrected chi connectivity index (χ4v) is 7.57. The molecule has 0 aliphatic rings. The Morgan fingerprint density at radius 2 is 1.19 bits per heavy atom. The van der Waals surface area contributed by atoms with Gasteiger partial charge in [-0.05, 0) is 86.0 Å². The highest BCUT2D eigenvalue weighted by Gasteiger charge is 2.34. The SMILES string of the molecule is C[C@H](NC(=O)[C@@H](Cc1ccc2ccccc2c1)NC(=O)[C@@H](C)N)C(=O)N[C@@H](Cc1c[nH]c2ccccc12)C(=O)N[C@H](CCc1ccccc1)C(=O)N[C@@H](CCCCN)C(=O)C(C)(C)C. The first-order valence-electron chi connectivity index (χ1n) is 22.1. The monoisotopic (exact) mass is 872 g/mol. The van der Waals surface area contributed by atoms with E-state index >= 15 is 0 Å². The van der Waals surface area contributed by atoms with Gasteiger partial charge in [-0.15, -0.1) is 0 Å². The number of fused-ring (bicyclic) bond motifs is 2. The number of aryl methyl sites for hydroxylation is 1. The zero-order valence-corrected chi connectivity index (χ0v) is 37.5. The molecule has 0 bridgehead atoms. The highest BCUT2D eigenvalue weighted by molar-refractivity contribution is 5.98. The molecule has 14 heteroatoms. The Kier molecular flexibility index (Phi) is 17.3. The van der Waals surface area contributed by atoms with Gasteiger partial charge in [-0.3, -0.25) is 28.8 Å². The molecule has 0 aliphatic heterocycles. The third-order valence-corrected chi connectivity index (χ3v) is 11.3. The fourth-order valence-electron chi connectivity index (χ4n) is 7.57. The van der Waals surface area contributed by atoms with Crippen molar-refractivity contribution in [3.05, 3.63) is 120 Å². The minimum Gasteiger partial charge on any atom is -0.361 e. The number of rotatable bonds is 22. The van der Waals surface area contributed by atoms with Crippen LogP contribution in [0.4, 0.5) is 0 Å². The normalized spacial score (nSPS) is 14.4. The van der Waals surface area contributed by atoms with E-state index in [9.17, 15) is 28.8 Å². The number of benzene rings is 4.